The fourth-order valence-corrected chi connectivity index (χ4v) is 0.952. The first kappa shape index (κ1) is 11.5. The number of nitrogens with zero attached hydrogens (tertiary/aromatic N) is 2. The van der Waals surface area contributed by atoms with E-state index in [4.69, 9.17) is 0 Å². The van der Waals surface area contributed by atoms with E-state index in [1.54, 1.807) is 0 Å². The monoisotopic (exact) mass is 219 g/mol. The fourth-order valence-electron chi connectivity index (χ4n) is 0.952. The molecule has 0 radical (unpaired) electrons. The summed E-state index contributed by atoms with van der Waals surface area (Å²) >= 11 is 0. The number of rotatable bonds is 2. The van der Waals surface area contributed by atoms with Crippen LogP contribution >= 0.6 is 0 Å². The van der Waals surface area contributed by atoms with E-state index in [0.29, 0.717) is 0 Å². The summed E-state index contributed by atoms with van der Waals surface area (Å²) in [6.07, 6.45) is -3.19. The zero-order valence-electron chi connectivity index (χ0n) is 8.01. The van der Waals surface area contributed by atoms with Gasteiger partial charge in [0.1, 0.15) is 11.2 Å². The van der Waals surface area contributed by atoms with Crippen LogP contribution in [0.15, 0.2) is 11.1 Å². The molecule has 0 spiro atoms. The van der Waals surface area contributed by atoms with Crippen molar-refractivity contribution in [2.75, 3.05) is 0 Å². The average molecular weight is 219 g/mol. The molecule has 0 bridgehead atoms. The Labute approximate surface area is 83.2 Å². The van der Waals surface area contributed by atoms with E-state index in [0.717, 1.165) is 6.07 Å². The molecular weight excluding hydrogens is 211 g/mol. The number of aliphatic imine (C=N–C) groups is 1. The van der Waals surface area contributed by atoms with Gasteiger partial charge in [0, 0.05) is 0 Å². The summed E-state index contributed by atoms with van der Waals surface area (Å²) in [4.78, 5) is 13.4. The predicted molar refractivity (Wildman–Crippen MR) is 44.7 cm³/mol. The van der Waals surface area contributed by atoms with Gasteiger partial charge in [0.15, 0.2) is 0 Å². The number of isocyanates is 1. The zero-order chi connectivity index (χ0) is 11.7. The van der Waals surface area contributed by atoms with Gasteiger partial charge in [-0.15, -0.1) is 0 Å². The topological polar surface area (TPSA) is 58.1 Å². The van der Waals surface area contributed by atoms with Crippen LogP contribution in [0.2, 0.25) is 0 Å². The van der Waals surface area contributed by atoms with E-state index >= 15 is 0 Å². The molecule has 0 aliphatic heterocycles. The first-order chi connectivity index (χ1) is 6.77. The smallest absolute Gasteiger partial charge is 0.273 e. The molecule has 7 heteroatoms. The highest BCUT2D eigenvalue weighted by Gasteiger charge is 2.35. The van der Waals surface area contributed by atoms with Gasteiger partial charge in [-0.2, -0.15) is 23.3 Å². The molecule has 0 fully saturated rings. The Morgan fingerprint density at radius 2 is 2.07 bits per heavy atom. The lowest BCUT2D eigenvalue weighted by molar-refractivity contribution is -0.141. The first-order valence-electron chi connectivity index (χ1n) is 3.99. The van der Waals surface area contributed by atoms with Crippen molar-refractivity contribution in [1.82, 2.24) is 10.2 Å². The molecule has 0 aliphatic rings. The van der Waals surface area contributed by atoms with Crippen molar-refractivity contribution in [3.63, 3.8) is 0 Å². The van der Waals surface area contributed by atoms with Gasteiger partial charge in [-0.1, -0.05) is 0 Å². The maximum absolute atomic E-state index is 12.2. The second-order valence-electron chi connectivity index (χ2n) is 3.43. The minimum atomic E-state index is -4.48. The quantitative estimate of drug-likeness (QED) is 0.610. The van der Waals surface area contributed by atoms with Crippen LogP contribution in [0, 0.1) is 0 Å². The molecular formula is C8H8F3N3O. The lowest BCUT2D eigenvalue weighted by atomic mass is 10.0. The molecule has 1 aromatic rings. The third-order valence-electron chi connectivity index (χ3n) is 1.84. The number of nitrogens with one attached hydrogen (secondary N) is 1. The highest BCUT2D eigenvalue weighted by atomic mass is 19.4. The Morgan fingerprint density at radius 1 is 1.47 bits per heavy atom. The summed E-state index contributed by atoms with van der Waals surface area (Å²) in [5, 5.41) is 5.30. The van der Waals surface area contributed by atoms with Crippen molar-refractivity contribution in [3.8, 4) is 0 Å². The number of halogens is 3. The molecule has 0 saturated heterocycles. The first-order valence-corrected chi connectivity index (χ1v) is 3.99. The maximum atomic E-state index is 12.2. The van der Waals surface area contributed by atoms with E-state index in [1.807, 2.05) is 5.10 Å². The van der Waals surface area contributed by atoms with Crippen LogP contribution in [0.25, 0.3) is 0 Å². The molecule has 1 aromatic heterocycles. The van der Waals surface area contributed by atoms with Gasteiger partial charge in [0.05, 0.1) is 5.69 Å². The summed E-state index contributed by atoms with van der Waals surface area (Å²) in [5.74, 6) is 0. The average Bonchev–Trinajstić information content (AvgIpc) is 2.50. The van der Waals surface area contributed by atoms with Crippen molar-refractivity contribution in [3.05, 3.63) is 17.5 Å². The fraction of sp³-hybridized carbons (Fsp3) is 0.500. The van der Waals surface area contributed by atoms with Gasteiger partial charge in [-0.25, -0.2) is 4.79 Å². The van der Waals surface area contributed by atoms with Gasteiger partial charge < -0.3 is 0 Å². The summed E-state index contributed by atoms with van der Waals surface area (Å²) in [7, 11) is 0. The van der Waals surface area contributed by atoms with Gasteiger partial charge in [0.2, 0.25) is 6.08 Å². The Balaban J connectivity index is 3.09. The van der Waals surface area contributed by atoms with Crippen LogP contribution in [0.5, 0.6) is 0 Å². The summed E-state index contributed by atoms with van der Waals surface area (Å²) in [6, 6.07) is 0.820. The summed E-state index contributed by atoms with van der Waals surface area (Å²) in [6.45, 7) is 2.93. The predicted octanol–water partition coefficient (Wildman–Crippen LogP) is 2.00. The van der Waals surface area contributed by atoms with Crippen LogP contribution in [0.4, 0.5) is 13.2 Å². The SMILES string of the molecule is CC(C)(N=C=O)c1cc(C(F)(F)F)[nH]n1. The van der Waals surface area contributed by atoms with E-state index < -0.39 is 17.4 Å². The van der Waals surface area contributed by atoms with Gasteiger partial charge in [-0.05, 0) is 19.9 Å². The van der Waals surface area contributed by atoms with Crippen molar-refractivity contribution < 1.29 is 18.0 Å². The Bertz CT molecular complexity index is 402. The summed E-state index contributed by atoms with van der Waals surface area (Å²) in [5.41, 5.74) is -2.04. The van der Waals surface area contributed by atoms with Crippen molar-refractivity contribution in [2.24, 2.45) is 4.99 Å². The van der Waals surface area contributed by atoms with E-state index in [9.17, 15) is 18.0 Å². The second kappa shape index (κ2) is 3.51. The molecule has 1 N–H and O–H groups in total. The molecule has 0 atom stereocenters. The Kier molecular flexibility index (Phi) is 2.68. The largest absolute Gasteiger partial charge is 0.432 e. The lowest BCUT2D eigenvalue weighted by Crippen LogP contribution is -2.14. The number of hydrogen-bond acceptors (Lipinski definition) is 3. The molecule has 0 saturated carbocycles. The third kappa shape index (κ3) is 2.44. The standard InChI is InChI=1S/C8H8F3N3O/c1-7(2,12-4-15)5-3-6(14-13-5)8(9,10)11/h3H,1-2H3,(H,13,14). The highest BCUT2D eigenvalue weighted by Crippen LogP contribution is 2.31. The number of hydrogen-bond donors (Lipinski definition) is 1. The molecule has 1 rings (SSSR count). The summed E-state index contributed by atoms with van der Waals surface area (Å²) < 4.78 is 36.6. The lowest BCUT2D eigenvalue weighted by Gasteiger charge is -2.12. The van der Waals surface area contributed by atoms with Crippen LogP contribution in [0.3, 0.4) is 0 Å². The van der Waals surface area contributed by atoms with E-state index in [1.165, 1.54) is 19.9 Å². The normalized spacial score (nSPS) is 12.3. The van der Waals surface area contributed by atoms with E-state index in [2.05, 4.69) is 10.1 Å². The van der Waals surface area contributed by atoms with Crippen molar-refractivity contribution in [1.29, 1.82) is 0 Å². The molecule has 1 heterocycles. The molecule has 0 aromatic carbocycles. The molecule has 15 heavy (non-hydrogen) atoms. The minimum Gasteiger partial charge on any atom is -0.273 e. The molecule has 82 valence electrons. The van der Waals surface area contributed by atoms with Crippen molar-refractivity contribution in [2.45, 2.75) is 25.6 Å². The molecule has 0 aliphatic carbocycles. The van der Waals surface area contributed by atoms with E-state index in [-0.39, 0.29) is 5.69 Å². The van der Waals surface area contributed by atoms with Gasteiger partial charge >= 0.3 is 6.18 Å². The third-order valence-corrected chi connectivity index (χ3v) is 1.84. The minimum absolute atomic E-state index is 0.0400. The molecule has 0 amide bonds. The number of aromatic nitrogens is 2. The number of carbonyl (C=O) groups excluding carboxylic acids is 1. The van der Waals surface area contributed by atoms with Crippen LogP contribution in [0.1, 0.15) is 25.2 Å². The van der Waals surface area contributed by atoms with Gasteiger partial charge in [-0.3, -0.25) is 5.10 Å². The van der Waals surface area contributed by atoms with Crippen molar-refractivity contribution >= 4 is 6.08 Å². The number of H-pyrrole nitrogens is 1. The second-order valence-corrected chi connectivity index (χ2v) is 3.43. The Hall–Kier alpha value is -1.62. The van der Waals surface area contributed by atoms with Gasteiger partial charge in [0.25, 0.3) is 0 Å². The van der Waals surface area contributed by atoms with Crippen LogP contribution < -0.4 is 0 Å². The zero-order valence-corrected chi connectivity index (χ0v) is 8.01. The molecule has 4 nitrogen and oxygen atoms in total. The number of alkyl halides is 3. The number of aromatic amines is 1. The Morgan fingerprint density at radius 3 is 2.47 bits per heavy atom. The van der Waals surface area contributed by atoms with Crippen LogP contribution in [-0.4, -0.2) is 16.3 Å². The maximum Gasteiger partial charge on any atom is 0.432 e. The highest BCUT2D eigenvalue weighted by molar-refractivity contribution is 5.36. The molecule has 0 unspecified atom stereocenters. The van der Waals surface area contributed by atoms with Crippen LogP contribution in [-0.2, 0) is 16.5 Å².